The molecule has 0 aliphatic carbocycles. The lowest BCUT2D eigenvalue weighted by Gasteiger charge is -2.34. The number of carbonyl (C=O) groups excluding carboxylic acids is 1. The number of nitrogens with zero attached hydrogens (tertiary/aromatic N) is 5. The number of carbonyl (C=O) groups is 1. The van der Waals surface area contributed by atoms with Crippen molar-refractivity contribution < 1.29 is 9.53 Å². The molecule has 3 aromatic rings. The maximum Gasteiger partial charge on any atom is 0.256 e. The van der Waals surface area contributed by atoms with E-state index in [4.69, 9.17) is 4.74 Å². The molecule has 1 fully saturated rings. The van der Waals surface area contributed by atoms with Gasteiger partial charge in [-0.1, -0.05) is 0 Å². The summed E-state index contributed by atoms with van der Waals surface area (Å²) in [6, 6.07) is 5.16. The number of morpholine rings is 1. The zero-order chi connectivity index (χ0) is 17.2. The van der Waals surface area contributed by atoms with Crippen molar-refractivity contribution in [2.24, 2.45) is 0 Å². The first kappa shape index (κ1) is 15.5. The lowest BCUT2D eigenvalue weighted by molar-refractivity contribution is -0.00503. The molecular formula is C17H18N6O2. The van der Waals surface area contributed by atoms with Crippen molar-refractivity contribution in [3.8, 4) is 5.82 Å². The van der Waals surface area contributed by atoms with E-state index < -0.39 is 0 Å². The highest BCUT2D eigenvalue weighted by Gasteiger charge is 2.31. The summed E-state index contributed by atoms with van der Waals surface area (Å²) in [7, 11) is 0. The molecule has 1 aliphatic heterocycles. The zero-order valence-corrected chi connectivity index (χ0v) is 13.8. The van der Waals surface area contributed by atoms with Gasteiger partial charge in [-0.15, -0.1) is 0 Å². The third-order valence-corrected chi connectivity index (χ3v) is 4.16. The van der Waals surface area contributed by atoms with E-state index in [2.05, 4.69) is 20.1 Å². The predicted molar refractivity (Wildman–Crippen MR) is 89.3 cm³/mol. The first-order valence-electron chi connectivity index (χ1n) is 8.08. The minimum atomic E-state index is -0.222. The predicted octanol–water partition coefficient (Wildman–Crippen LogP) is 1.51. The Morgan fingerprint density at radius 1 is 1.32 bits per heavy atom. The van der Waals surface area contributed by atoms with Crippen molar-refractivity contribution in [2.75, 3.05) is 19.8 Å². The summed E-state index contributed by atoms with van der Waals surface area (Å²) in [5.74, 6) is 1.33. The van der Waals surface area contributed by atoms with Crippen molar-refractivity contribution in [1.29, 1.82) is 0 Å². The Kier molecular flexibility index (Phi) is 4.02. The van der Waals surface area contributed by atoms with Crippen LogP contribution in [-0.4, -0.2) is 55.3 Å². The smallest absolute Gasteiger partial charge is 0.256 e. The molecule has 0 aromatic carbocycles. The fraction of sp³-hybridized carbons (Fsp3) is 0.294. The van der Waals surface area contributed by atoms with Crippen molar-refractivity contribution in [1.82, 2.24) is 29.6 Å². The number of hydrogen-bond donors (Lipinski definition) is 1. The van der Waals surface area contributed by atoms with Crippen LogP contribution in [0.25, 0.3) is 5.82 Å². The Morgan fingerprint density at radius 2 is 2.24 bits per heavy atom. The summed E-state index contributed by atoms with van der Waals surface area (Å²) >= 11 is 0. The summed E-state index contributed by atoms with van der Waals surface area (Å²) < 4.78 is 7.20. The average Bonchev–Trinajstić information content (AvgIpc) is 3.33. The Bertz CT molecular complexity index is 856. The number of aromatic nitrogens is 5. The number of ether oxygens (including phenoxy) is 1. The molecule has 4 heterocycles. The molecule has 1 amide bonds. The molecule has 3 aromatic heterocycles. The third-order valence-electron chi connectivity index (χ3n) is 4.16. The van der Waals surface area contributed by atoms with Gasteiger partial charge in [-0.05, 0) is 25.1 Å². The lowest BCUT2D eigenvalue weighted by Crippen LogP contribution is -2.43. The molecule has 0 bridgehead atoms. The van der Waals surface area contributed by atoms with E-state index >= 15 is 0 Å². The maximum absolute atomic E-state index is 13.0. The van der Waals surface area contributed by atoms with Gasteiger partial charge in [0.1, 0.15) is 11.9 Å². The molecule has 8 nitrogen and oxygen atoms in total. The van der Waals surface area contributed by atoms with E-state index in [1.807, 2.05) is 13.0 Å². The number of aromatic amines is 1. The molecule has 0 radical (unpaired) electrons. The third kappa shape index (κ3) is 3.03. The molecule has 8 heteroatoms. The standard InChI is InChI=1S/C17H18N6O2/c1-12-9-19-16(21-12)14-11-25-8-7-22(14)17(24)13-3-4-15(18-10-13)23-6-2-5-20-23/h2-6,9-10,14H,7-8,11H2,1H3,(H,19,21)/t14-/m1/s1. The van der Waals surface area contributed by atoms with Crippen LogP contribution in [0.2, 0.25) is 0 Å². The number of amides is 1. The van der Waals surface area contributed by atoms with Gasteiger partial charge >= 0.3 is 0 Å². The van der Waals surface area contributed by atoms with E-state index in [0.29, 0.717) is 31.1 Å². The first-order chi connectivity index (χ1) is 12.2. The van der Waals surface area contributed by atoms with Crippen LogP contribution < -0.4 is 0 Å². The van der Waals surface area contributed by atoms with Crippen molar-refractivity contribution in [3.05, 3.63) is 60.1 Å². The van der Waals surface area contributed by atoms with Gasteiger partial charge in [-0.25, -0.2) is 14.6 Å². The molecular weight excluding hydrogens is 320 g/mol. The highest BCUT2D eigenvalue weighted by atomic mass is 16.5. The van der Waals surface area contributed by atoms with Gasteiger partial charge in [-0.3, -0.25) is 4.79 Å². The van der Waals surface area contributed by atoms with Crippen LogP contribution in [0.4, 0.5) is 0 Å². The number of imidazole rings is 1. The Hall–Kier alpha value is -3.00. The highest BCUT2D eigenvalue weighted by Crippen LogP contribution is 2.24. The van der Waals surface area contributed by atoms with Gasteiger partial charge in [0, 0.05) is 37.0 Å². The summed E-state index contributed by atoms with van der Waals surface area (Å²) in [6.07, 6.45) is 6.83. The van der Waals surface area contributed by atoms with E-state index in [0.717, 1.165) is 11.5 Å². The van der Waals surface area contributed by atoms with Crippen LogP contribution in [0, 0.1) is 6.92 Å². The molecule has 1 aliphatic rings. The van der Waals surface area contributed by atoms with E-state index in [-0.39, 0.29) is 11.9 Å². The van der Waals surface area contributed by atoms with Gasteiger partial charge in [-0.2, -0.15) is 5.10 Å². The fourth-order valence-corrected chi connectivity index (χ4v) is 2.89. The van der Waals surface area contributed by atoms with Gasteiger partial charge in [0.25, 0.3) is 5.91 Å². The second kappa shape index (κ2) is 6.48. The second-order valence-electron chi connectivity index (χ2n) is 5.90. The van der Waals surface area contributed by atoms with Gasteiger partial charge in [0.15, 0.2) is 5.82 Å². The van der Waals surface area contributed by atoms with Crippen molar-refractivity contribution in [3.63, 3.8) is 0 Å². The average molecular weight is 338 g/mol. The minimum absolute atomic E-state index is 0.0816. The minimum Gasteiger partial charge on any atom is -0.377 e. The molecule has 0 saturated carbocycles. The van der Waals surface area contributed by atoms with Crippen LogP contribution in [0.15, 0.2) is 43.0 Å². The van der Waals surface area contributed by atoms with E-state index in [1.54, 1.807) is 46.5 Å². The summed E-state index contributed by atoms with van der Waals surface area (Å²) in [5, 5.41) is 4.13. The maximum atomic E-state index is 13.0. The Balaban J connectivity index is 1.58. The molecule has 128 valence electrons. The first-order valence-corrected chi connectivity index (χ1v) is 8.08. The molecule has 1 N–H and O–H groups in total. The van der Waals surface area contributed by atoms with Crippen molar-refractivity contribution in [2.45, 2.75) is 13.0 Å². The Labute approximate surface area is 144 Å². The topological polar surface area (TPSA) is 88.9 Å². The second-order valence-corrected chi connectivity index (χ2v) is 5.90. The molecule has 1 saturated heterocycles. The van der Waals surface area contributed by atoms with Gasteiger partial charge in [0.05, 0.1) is 18.8 Å². The highest BCUT2D eigenvalue weighted by molar-refractivity contribution is 5.94. The largest absolute Gasteiger partial charge is 0.377 e. The summed E-state index contributed by atoms with van der Waals surface area (Å²) in [4.78, 5) is 26.6. The normalized spacial score (nSPS) is 17.6. The van der Waals surface area contributed by atoms with E-state index in [9.17, 15) is 4.79 Å². The summed E-state index contributed by atoms with van der Waals surface area (Å²) in [5.41, 5.74) is 1.49. The summed E-state index contributed by atoms with van der Waals surface area (Å²) in [6.45, 7) is 3.40. The van der Waals surface area contributed by atoms with Crippen LogP contribution >= 0.6 is 0 Å². The van der Waals surface area contributed by atoms with Crippen LogP contribution in [0.3, 0.4) is 0 Å². The molecule has 25 heavy (non-hydrogen) atoms. The SMILES string of the molecule is Cc1cnc([C@H]2COCCN2C(=O)c2ccc(-n3cccn3)nc2)[nH]1. The number of pyridine rings is 1. The Morgan fingerprint density at radius 3 is 2.92 bits per heavy atom. The fourth-order valence-electron chi connectivity index (χ4n) is 2.89. The van der Waals surface area contributed by atoms with Crippen LogP contribution in [-0.2, 0) is 4.74 Å². The zero-order valence-electron chi connectivity index (χ0n) is 13.8. The molecule has 4 rings (SSSR count). The van der Waals surface area contributed by atoms with E-state index in [1.165, 1.54) is 0 Å². The number of rotatable bonds is 3. The van der Waals surface area contributed by atoms with Crippen molar-refractivity contribution >= 4 is 5.91 Å². The molecule has 0 unspecified atom stereocenters. The van der Waals surface area contributed by atoms with Crippen LogP contribution in [0.1, 0.15) is 27.9 Å². The quantitative estimate of drug-likeness (QED) is 0.782. The molecule has 0 spiro atoms. The molecule has 1 atom stereocenters. The number of H-pyrrole nitrogens is 1. The number of nitrogens with one attached hydrogen (secondary N) is 1. The monoisotopic (exact) mass is 338 g/mol. The number of hydrogen-bond acceptors (Lipinski definition) is 5. The van der Waals surface area contributed by atoms with Gasteiger partial charge in [0.2, 0.25) is 0 Å². The van der Waals surface area contributed by atoms with Gasteiger partial charge < -0.3 is 14.6 Å². The number of aryl methyl sites for hydroxylation is 1. The lowest BCUT2D eigenvalue weighted by atomic mass is 10.1. The van der Waals surface area contributed by atoms with Crippen LogP contribution in [0.5, 0.6) is 0 Å².